The smallest absolute Gasteiger partial charge is 0.160 e. The molecular formula is C6H6O. The molecule has 7 heavy (non-hydrogen) atoms. The lowest BCUT2D eigenvalue weighted by atomic mass is 10.4. The highest BCUT2D eigenvalue weighted by Crippen LogP contribution is 1.65. The Morgan fingerprint density at radius 2 is 2.43 bits per heavy atom. The summed E-state index contributed by atoms with van der Waals surface area (Å²) in [5, 5.41) is 0. The Morgan fingerprint density at radius 1 is 1.86 bits per heavy atom. The zero-order valence-electron chi connectivity index (χ0n) is 4.19. The maximum Gasteiger partial charge on any atom is 0.160 e. The van der Waals surface area contributed by atoms with Crippen molar-refractivity contribution in [2.75, 3.05) is 0 Å². The van der Waals surface area contributed by atoms with E-state index in [0.29, 0.717) is 0 Å². The van der Waals surface area contributed by atoms with Crippen LogP contribution in [-0.4, -0.2) is 5.78 Å². The van der Waals surface area contributed by atoms with Crippen molar-refractivity contribution in [3.05, 3.63) is 24.1 Å². The largest absolute Gasteiger partial charge is 0.294 e. The second-order valence-electron chi connectivity index (χ2n) is 1.08. The number of rotatable bonds is 1. The molecular weight excluding hydrogens is 88.1 g/mol. The van der Waals surface area contributed by atoms with Gasteiger partial charge in [0.25, 0.3) is 0 Å². The lowest BCUT2D eigenvalue weighted by Gasteiger charge is -1.63. The van der Waals surface area contributed by atoms with Gasteiger partial charge in [-0.2, -0.15) is 0 Å². The van der Waals surface area contributed by atoms with E-state index in [1.165, 1.54) is 13.0 Å². The number of allylic oxidation sites excluding steroid dienone is 1. The predicted octanol–water partition coefficient (Wildman–Crippen LogP) is 1.07. The third-order valence-corrected chi connectivity index (χ3v) is 0.377. The lowest BCUT2D eigenvalue weighted by Crippen LogP contribution is -1.75. The molecule has 0 bridgehead atoms. The van der Waals surface area contributed by atoms with Gasteiger partial charge in [-0.1, -0.05) is 11.5 Å². The van der Waals surface area contributed by atoms with Crippen LogP contribution in [0.2, 0.25) is 0 Å². The molecule has 0 fully saturated rings. The maximum atomic E-state index is 10.0. The Hall–Kier alpha value is -1.03. The van der Waals surface area contributed by atoms with Crippen molar-refractivity contribution in [2.24, 2.45) is 0 Å². The molecule has 0 saturated carbocycles. The van der Waals surface area contributed by atoms with Crippen LogP contribution in [0.4, 0.5) is 0 Å². The molecule has 0 aromatic heterocycles. The molecule has 0 heterocycles. The summed E-state index contributed by atoms with van der Waals surface area (Å²) in [4.78, 5) is 10.0. The summed E-state index contributed by atoms with van der Waals surface area (Å²) in [7, 11) is 0. The average Bonchev–Trinajstić information content (AvgIpc) is 1.61. The molecule has 0 radical (unpaired) electrons. The average molecular weight is 94.1 g/mol. The van der Waals surface area contributed by atoms with E-state index in [9.17, 15) is 4.79 Å². The Balaban J connectivity index is 3.96. The van der Waals surface area contributed by atoms with Crippen LogP contribution < -0.4 is 0 Å². The van der Waals surface area contributed by atoms with E-state index in [2.05, 4.69) is 18.0 Å². The van der Waals surface area contributed by atoms with Crippen LogP contribution in [0.15, 0.2) is 24.1 Å². The third-order valence-electron chi connectivity index (χ3n) is 0.377. The van der Waals surface area contributed by atoms with Gasteiger partial charge in [0.2, 0.25) is 0 Å². The normalized spacial score (nSPS) is 5.86. The van der Waals surface area contributed by atoms with Crippen LogP contribution in [0.25, 0.3) is 0 Å². The minimum absolute atomic E-state index is 0.0313. The van der Waals surface area contributed by atoms with Crippen molar-refractivity contribution in [1.29, 1.82) is 0 Å². The highest BCUT2D eigenvalue weighted by Gasteiger charge is 1.73. The first-order chi connectivity index (χ1) is 3.27. The fourth-order valence-electron chi connectivity index (χ4n) is 0.153. The third kappa shape index (κ3) is 4.97. The molecule has 1 heteroatoms. The van der Waals surface area contributed by atoms with E-state index in [4.69, 9.17) is 0 Å². The predicted molar refractivity (Wildman–Crippen MR) is 27.9 cm³/mol. The van der Waals surface area contributed by atoms with Crippen molar-refractivity contribution in [2.45, 2.75) is 6.92 Å². The van der Waals surface area contributed by atoms with Gasteiger partial charge in [-0.15, -0.1) is 0 Å². The molecule has 0 N–H and O–H groups in total. The van der Waals surface area contributed by atoms with Crippen LogP contribution in [-0.2, 0) is 4.79 Å². The minimum Gasteiger partial charge on any atom is -0.294 e. The van der Waals surface area contributed by atoms with Crippen molar-refractivity contribution >= 4 is 5.78 Å². The molecule has 0 rings (SSSR count). The van der Waals surface area contributed by atoms with Gasteiger partial charge < -0.3 is 0 Å². The first kappa shape index (κ1) is 5.97. The molecule has 0 aliphatic rings. The number of ketones is 1. The fraction of sp³-hybridized carbons (Fsp3) is 0.167. The molecule has 0 unspecified atom stereocenters. The van der Waals surface area contributed by atoms with E-state index in [1.807, 2.05) is 0 Å². The van der Waals surface area contributed by atoms with Gasteiger partial charge in [0.1, 0.15) is 0 Å². The summed E-state index contributed by atoms with van der Waals surface area (Å²) in [6.07, 6.45) is 1.28. The van der Waals surface area contributed by atoms with Crippen LogP contribution in [0.5, 0.6) is 0 Å². The quantitative estimate of drug-likeness (QED) is 0.351. The highest BCUT2D eigenvalue weighted by atomic mass is 16.1. The summed E-state index contributed by atoms with van der Waals surface area (Å²) in [5.41, 5.74) is 4.73. The summed E-state index contributed by atoms with van der Waals surface area (Å²) in [6, 6.07) is 0. The second kappa shape index (κ2) is 3.17. The van der Waals surface area contributed by atoms with Gasteiger partial charge in [-0.3, -0.25) is 4.79 Å². The van der Waals surface area contributed by atoms with E-state index in [1.54, 1.807) is 0 Å². The zero-order chi connectivity index (χ0) is 5.70. The Labute approximate surface area is 42.7 Å². The molecule has 1 nitrogen and oxygen atoms in total. The summed E-state index contributed by atoms with van der Waals surface area (Å²) in [6.45, 7) is 4.66. The van der Waals surface area contributed by atoms with Crippen LogP contribution in [0.3, 0.4) is 0 Å². The van der Waals surface area contributed by atoms with Gasteiger partial charge in [0.05, 0.1) is 0 Å². The van der Waals surface area contributed by atoms with Crippen LogP contribution in [0, 0.1) is 0 Å². The van der Waals surface area contributed by atoms with Crippen molar-refractivity contribution < 1.29 is 4.79 Å². The lowest BCUT2D eigenvalue weighted by molar-refractivity contribution is -0.112. The number of carbonyl (C=O) groups is 1. The minimum atomic E-state index is -0.0313. The maximum absolute atomic E-state index is 10.0. The van der Waals surface area contributed by atoms with Crippen molar-refractivity contribution in [3.8, 4) is 0 Å². The summed E-state index contributed by atoms with van der Waals surface area (Å²) < 4.78 is 0. The van der Waals surface area contributed by atoms with Crippen LogP contribution in [0.1, 0.15) is 6.92 Å². The van der Waals surface area contributed by atoms with Crippen LogP contribution >= 0.6 is 0 Å². The molecule has 0 aromatic rings. The molecule has 0 aliphatic carbocycles. The standard InChI is InChI=1S/C6H6O/c1-3-4-5-6(2)7/h5H,1H2,2H3. The topological polar surface area (TPSA) is 17.1 Å². The van der Waals surface area contributed by atoms with Gasteiger partial charge in [-0.25, -0.2) is 0 Å². The van der Waals surface area contributed by atoms with Crippen molar-refractivity contribution in [1.82, 2.24) is 0 Å². The molecule has 0 saturated heterocycles. The molecule has 0 aromatic carbocycles. The molecule has 0 amide bonds. The summed E-state index contributed by atoms with van der Waals surface area (Å²) >= 11 is 0. The van der Waals surface area contributed by atoms with E-state index >= 15 is 0 Å². The molecule has 36 valence electrons. The summed E-state index contributed by atoms with van der Waals surface area (Å²) in [5.74, 6) is -0.0313. The van der Waals surface area contributed by atoms with Gasteiger partial charge in [0, 0.05) is 6.08 Å². The first-order valence-electron chi connectivity index (χ1n) is 1.89. The fourth-order valence-corrected chi connectivity index (χ4v) is 0.153. The van der Waals surface area contributed by atoms with E-state index in [-0.39, 0.29) is 5.78 Å². The second-order valence-corrected chi connectivity index (χ2v) is 1.08. The van der Waals surface area contributed by atoms with Gasteiger partial charge in [0.15, 0.2) is 5.78 Å². The Bertz CT molecular complexity index is 144. The number of carbonyl (C=O) groups excluding carboxylic acids is 1. The Kier molecular flexibility index (Phi) is 2.70. The van der Waals surface area contributed by atoms with E-state index < -0.39 is 0 Å². The first-order valence-corrected chi connectivity index (χ1v) is 1.89. The molecule has 0 aliphatic heterocycles. The van der Waals surface area contributed by atoms with Gasteiger partial charge in [-0.05, 0) is 13.5 Å². The molecule has 0 atom stereocenters. The van der Waals surface area contributed by atoms with E-state index in [0.717, 1.165) is 0 Å². The monoisotopic (exact) mass is 94.0 g/mol. The van der Waals surface area contributed by atoms with Gasteiger partial charge >= 0.3 is 0 Å². The number of hydrogen-bond donors (Lipinski definition) is 0. The zero-order valence-corrected chi connectivity index (χ0v) is 4.19. The molecule has 0 spiro atoms. The van der Waals surface area contributed by atoms with Crippen molar-refractivity contribution in [3.63, 3.8) is 0 Å². The SMILES string of the molecule is C=C=C=CC(C)=O. The number of hydrogen-bond acceptors (Lipinski definition) is 1. The highest BCUT2D eigenvalue weighted by molar-refractivity contribution is 5.86. The Morgan fingerprint density at radius 3 is 2.57 bits per heavy atom.